The van der Waals surface area contributed by atoms with E-state index in [0.717, 1.165) is 0 Å². The number of benzene rings is 1. The summed E-state index contributed by atoms with van der Waals surface area (Å²) in [5, 5.41) is 0. The summed E-state index contributed by atoms with van der Waals surface area (Å²) in [5.74, 6) is -7.94. The smallest absolute Gasteiger partial charge is 0.341 e. The highest BCUT2D eigenvalue weighted by molar-refractivity contribution is 5.76. The SMILES string of the molecule is Fc1cc(F)c2nc(C(C(F)(F)F)C(F)(F)F)[nH]c2c1. The van der Waals surface area contributed by atoms with Gasteiger partial charge in [-0.25, -0.2) is 13.8 Å². The summed E-state index contributed by atoms with van der Waals surface area (Å²) in [4.78, 5) is 4.61. The van der Waals surface area contributed by atoms with Gasteiger partial charge in [-0.3, -0.25) is 0 Å². The van der Waals surface area contributed by atoms with E-state index in [9.17, 15) is 35.1 Å². The number of aromatic nitrogens is 2. The number of nitrogens with one attached hydrogen (secondary N) is 1. The highest BCUT2D eigenvalue weighted by Gasteiger charge is 2.59. The monoisotopic (exact) mass is 304 g/mol. The van der Waals surface area contributed by atoms with E-state index in [1.54, 1.807) is 4.98 Å². The molecule has 0 saturated heterocycles. The molecule has 0 fully saturated rings. The average Bonchev–Trinajstić information content (AvgIpc) is 2.55. The summed E-state index contributed by atoms with van der Waals surface area (Å²) in [6.45, 7) is 0. The van der Waals surface area contributed by atoms with Crippen molar-refractivity contribution >= 4 is 11.0 Å². The van der Waals surface area contributed by atoms with Gasteiger partial charge in [0, 0.05) is 6.07 Å². The zero-order valence-corrected chi connectivity index (χ0v) is 9.20. The summed E-state index contributed by atoms with van der Waals surface area (Å²) in [5.41, 5.74) is -1.38. The van der Waals surface area contributed by atoms with Crippen LogP contribution in [0.1, 0.15) is 11.7 Å². The van der Waals surface area contributed by atoms with Gasteiger partial charge in [0.2, 0.25) is 5.92 Å². The van der Waals surface area contributed by atoms with Gasteiger partial charge in [0.1, 0.15) is 17.2 Å². The van der Waals surface area contributed by atoms with Crippen LogP contribution in [0.15, 0.2) is 12.1 Å². The molecule has 1 heterocycles. The Labute approximate surface area is 105 Å². The van der Waals surface area contributed by atoms with Crippen LogP contribution < -0.4 is 0 Å². The normalized spacial score (nSPS) is 13.4. The van der Waals surface area contributed by atoms with Gasteiger partial charge < -0.3 is 4.98 Å². The van der Waals surface area contributed by atoms with Crippen LogP contribution in [0.2, 0.25) is 0 Å². The highest BCUT2D eigenvalue weighted by Crippen LogP contribution is 2.45. The second kappa shape index (κ2) is 4.32. The van der Waals surface area contributed by atoms with E-state index in [2.05, 4.69) is 4.98 Å². The van der Waals surface area contributed by atoms with Gasteiger partial charge in [0.05, 0.1) is 5.52 Å². The summed E-state index contributed by atoms with van der Waals surface area (Å²) in [6.07, 6.45) is -11.3. The zero-order chi connectivity index (χ0) is 15.3. The topological polar surface area (TPSA) is 28.7 Å². The number of nitrogens with zero attached hydrogens (tertiary/aromatic N) is 1. The molecule has 0 amide bonds. The molecule has 2 aromatic rings. The highest BCUT2D eigenvalue weighted by atomic mass is 19.4. The van der Waals surface area contributed by atoms with Crippen molar-refractivity contribution in [1.82, 2.24) is 9.97 Å². The zero-order valence-electron chi connectivity index (χ0n) is 9.20. The Bertz CT molecular complexity index is 625. The van der Waals surface area contributed by atoms with E-state index in [1.165, 1.54) is 0 Å². The molecule has 0 atom stereocenters. The fourth-order valence-corrected chi connectivity index (χ4v) is 1.69. The molecule has 1 aromatic heterocycles. The maximum atomic E-state index is 13.2. The van der Waals surface area contributed by atoms with Crippen molar-refractivity contribution in [3.63, 3.8) is 0 Å². The average molecular weight is 304 g/mol. The summed E-state index contributed by atoms with van der Waals surface area (Å²) < 4.78 is 101. The Hall–Kier alpha value is -1.87. The standard InChI is InChI=1S/C10H4F8N2/c11-3-1-4(12)6-5(2-3)19-8(20-6)7(9(13,14)15)10(16,17)18/h1-2,7H,(H,19,20). The van der Waals surface area contributed by atoms with Crippen LogP contribution >= 0.6 is 0 Å². The van der Waals surface area contributed by atoms with Crippen LogP contribution in [0.5, 0.6) is 0 Å². The number of imidazole rings is 1. The lowest BCUT2D eigenvalue weighted by molar-refractivity contribution is -0.255. The van der Waals surface area contributed by atoms with Crippen molar-refractivity contribution in [2.24, 2.45) is 0 Å². The quantitative estimate of drug-likeness (QED) is 0.791. The first-order valence-electron chi connectivity index (χ1n) is 4.98. The van der Waals surface area contributed by atoms with Crippen molar-refractivity contribution in [1.29, 1.82) is 0 Å². The minimum absolute atomic E-state index is 0.309. The molecule has 0 aliphatic heterocycles. The van der Waals surface area contributed by atoms with Crippen LogP contribution in [0.4, 0.5) is 35.1 Å². The van der Waals surface area contributed by atoms with E-state index in [4.69, 9.17) is 0 Å². The molecule has 0 radical (unpaired) electrons. The van der Waals surface area contributed by atoms with Crippen LogP contribution in [0.3, 0.4) is 0 Å². The van der Waals surface area contributed by atoms with Crippen molar-refractivity contribution in [3.8, 4) is 0 Å². The van der Waals surface area contributed by atoms with Gasteiger partial charge in [-0.2, -0.15) is 26.3 Å². The molecule has 10 heteroatoms. The number of H-pyrrole nitrogens is 1. The number of fused-ring (bicyclic) bond motifs is 1. The van der Waals surface area contributed by atoms with Gasteiger partial charge in [-0.15, -0.1) is 0 Å². The lowest BCUT2D eigenvalue weighted by Crippen LogP contribution is -2.34. The molecule has 0 saturated carbocycles. The van der Waals surface area contributed by atoms with Crippen LogP contribution in [0, 0.1) is 11.6 Å². The molecule has 1 aromatic carbocycles. The second-order valence-corrected chi connectivity index (χ2v) is 3.92. The minimum atomic E-state index is -5.67. The molecule has 1 N–H and O–H groups in total. The Morgan fingerprint density at radius 3 is 2.00 bits per heavy atom. The van der Waals surface area contributed by atoms with E-state index < -0.39 is 46.8 Å². The van der Waals surface area contributed by atoms with Gasteiger partial charge in [0.25, 0.3) is 0 Å². The minimum Gasteiger partial charge on any atom is -0.341 e. The summed E-state index contributed by atoms with van der Waals surface area (Å²) >= 11 is 0. The molecule has 0 aliphatic rings. The van der Waals surface area contributed by atoms with Gasteiger partial charge in [-0.05, 0) is 6.07 Å². The molecule has 0 bridgehead atoms. The predicted molar refractivity (Wildman–Crippen MR) is 50.9 cm³/mol. The number of hydrogen-bond acceptors (Lipinski definition) is 1. The van der Waals surface area contributed by atoms with Crippen molar-refractivity contribution in [2.75, 3.05) is 0 Å². The molecular formula is C10H4F8N2. The molecule has 20 heavy (non-hydrogen) atoms. The summed E-state index contributed by atoms with van der Waals surface area (Å²) in [6, 6.07) is 0.863. The largest absolute Gasteiger partial charge is 0.407 e. The Balaban J connectivity index is 2.64. The van der Waals surface area contributed by atoms with Gasteiger partial charge in [0.15, 0.2) is 5.82 Å². The predicted octanol–water partition coefficient (Wildman–Crippen LogP) is 4.05. The van der Waals surface area contributed by atoms with Crippen LogP contribution in [0.25, 0.3) is 11.0 Å². The molecule has 0 aliphatic carbocycles. The second-order valence-electron chi connectivity index (χ2n) is 3.92. The number of rotatable bonds is 1. The maximum Gasteiger partial charge on any atom is 0.407 e. The molecular weight excluding hydrogens is 300 g/mol. The van der Waals surface area contributed by atoms with E-state index >= 15 is 0 Å². The Morgan fingerprint density at radius 1 is 0.950 bits per heavy atom. The van der Waals surface area contributed by atoms with Crippen LogP contribution in [-0.4, -0.2) is 22.3 Å². The number of hydrogen-bond donors (Lipinski definition) is 1. The summed E-state index contributed by atoms with van der Waals surface area (Å²) in [7, 11) is 0. The molecule has 2 rings (SSSR count). The number of aromatic amines is 1. The van der Waals surface area contributed by atoms with E-state index in [0.29, 0.717) is 12.1 Å². The lowest BCUT2D eigenvalue weighted by Gasteiger charge is -2.20. The third kappa shape index (κ3) is 2.54. The van der Waals surface area contributed by atoms with E-state index in [-0.39, 0.29) is 0 Å². The lowest BCUT2D eigenvalue weighted by atomic mass is 10.1. The fraction of sp³-hybridized carbons (Fsp3) is 0.300. The van der Waals surface area contributed by atoms with Crippen molar-refractivity contribution in [3.05, 3.63) is 29.6 Å². The number of halogens is 8. The third-order valence-electron chi connectivity index (χ3n) is 2.45. The van der Waals surface area contributed by atoms with Crippen LogP contribution in [-0.2, 0) is 0 Å². The van der Waals surface area contributed by atoms with Gasteiger partial charge in [-0.1, -0.05) is 0 Å². The first-order chi connectivity index (χ1) is 9.00. The van der Waals surface area contributed by atoms with Crippen molar-refractivity contribution < 1.29 is 35.1 Å². The Kier molecular flexibility index (Phi) is 3.14. The van der Waals surface area contributed by atoms with Crippen molar-refractivity contribution in [2.45, 2.75) is 18.3 Å². The van der Waals surface area contributed by atoms with Gasteiger partial charge >= 0.3 is 12.4 Å². The Morgan fingerprint density at radius 2 is 1.50 bits per heavy atom. The fourth-order valence-electron chi connectivity index (χ4n) is 1.69. The van der Waals surface area contributed by atoms with E-state index in [1.807, 2.05) is 0 Å². The first kappa shape index (κ1) is 14.5. The molecule has 0 spiro atoms. The first-order valence-corrected chi connectivity index (χ1v) is 4.98. The maximum absolute atomic E-state index is 13.2. The molecule has 2 nitrogen and oxygen atoms in total. The molecule has 0 unspecified atom stereocenters. The molecule has 110 valence electrons. The third-order valence-corrected chi connectivity index (χ3v) is 2.45. The number of alkyl halides is 6.